The molecule has 1 amide bonds. The number of nitrogens with zero attached hydrogens (tertiary/aromatic N) is 3. The van der Waals surface area contributed by atoms with Crippen LogP contribution in [0.15, 0.2) is 57.9 Å². The molecule has 33 heavy (non-hydrogen) atoms. The lowest BCUT2D eigenvalue weighted by molar-refractivity contribution is 0.0907. The predicted molar refractivity (Wildman–Crippen MR) is 121 cm³/mol. The summed E-state index contributed by atoms with van der Waals surface area (Å²) in [4.78, 5) is 16.7. The van der Waals surface area contributed by atoms with Crippen LogP contribution in [0.25, 0.3) is 11.4 Å². The molecule has 3 aromatic rings. The van der Waals surface area contributed by atoms with E-state index in [2.05, 4.69) is 15.5 Å². The summed E-state index contributed by atoms with van der Waals surface area (Å²) in [5.74, 6) is 0.282. The summed E-state index contributed by atoms with van der Waals surface area (Å²) in [7, 11) is -1.94. The molecule has 1 fully saturated rings. The molecule has 1 saturated heterocycles. The number of carbonyl (C=O) groups excluding carboxylic acids is 1. The van der Waals surface area contributed by atoms with Gasteiger partial charge in [0, 0.05) is 25.2 Å². The Morgan fingerprint density at radius 2 is 1.70 bits per heavy atom. The zero-order valence-corrected chi connectivity index (χ0v) is 19.2. The van der Waals surface area contributed by atoms with Gasteiger partial charge in [-0.1, -0.05) is 30.1 Å². The number of methoxy groups -OCH3 is 1. The molecule has 174 valence electrons. The van der Waals surface area contributed by atoms with E-state index in [0.29, 0.717) is 25.2 Å². The summed E-state index contributed by atoms with van der Waals surface area (Å²) in [6, 6.07) is 13.6. The molecule has 1 aliphatic rings. The van der Waals surface area contributed by atoms with Crippen LogP contribution in [0.2, 0.25) is 0 Å². The molecule has 0 saturated carbocycles. The van der Waals surface area contributed by atoms with Crippen molar-refractivity contribution in [3.05, 3.63) is 60.0 Å². The number of aromatic nitrogens is 2. The quantitative estimate of drug-likeness (QED) is 0.564. The highest BCUT2D eigenvalue weighted by atomic mass is 32.2. The molecule has 0 radical (unpaired) electrons. The number of ether oxygens (including phenoxy) is 1. The Morgan fingerprint density at radius 3 is 2.33 bits per heavy atom. The second-order valence-corrected chi connectivity index (χ2v) is 9.73. The molecule has 2 heterocycles. The minimum Gasteiger partial charge on any atom is -0.497 e. The molecule has 0 aliphatic carbocycles. The van der Waals surface area contributed by atoms with Gasteiger partial charge in [-0.15, -0.1) is 0 Å². The highest BCUT2D eigenvalue weighted by Gasteiger charge is 2.25. The molecule has 4 rings (SSSR count). The van der Waals surface area contributed by atoms with Crippen LogP contribution < -0.4 is 10.1 Å². The van der Waals surface area contributed by atoms with Crippen LogP contribution in [0.4, 0.5) is 0 Å². The highest BCUT2D eigenvalue weighted by Crippen LogP contribution is 2.23. The SMILES string of the molecule is COc1ccc(CNC(=O)c2nc(-c3ccc(S(=O)(=O)N4CCCCCC4)cc3)no2)cc1. The molecule has 0 bridgehead atoms. The number of carbonyl (C=O) groups is 1. The van der Waals surface area contributed by atoms with Crippen molar-refractivity contribution in [1.29, 1.82) is 0 Å². The van der Waals surface area contributed by atoms with E-state index in [9.17, 15) is 13.2 Å². The summed E-state index contributed by atoms with van der Waals surface area (Å²) in [6.07, 6.45) is 3.87. The van der Waals surface area contributed by atoms with E-state index in [0.717, 1.165) is 37.0 Å². The van der Waals surface area contributed by atoms with Crippen molar-refractivity contribution in [2.24, 2.45) is 0 Å². The number of hydrogen-bond donors (Lipinski definition) is 1. The van der Waals surface area contributed by atoms with Gasteiger partial charge in [0.05, 0.1) is 12.0 Å². The maximum Gasteiger partial charge on any atom is 0.316 e. The Morgan fingerprint density at radius 1 is 1.03 bits per heavy atom. The number of hydrogen-bond acceptors (Lipinski definition) is 7. The van der Waals surface area contributed by atoms with Crippen LogP contribution in [0, 0.1) is 0 Å². The van der Waals surface area contributed by atoms with Crippen LogP contribution in [-0.4, -0.2) is 49.0 Å². The normalized spacial score (nSPS) is 15.1. The molecule has 9 nitrogen and oxygen atoms in total. The summed E-state index contributed by atoms with van der Waals surface area (Å²) in [6.45, 7) is 1.39. The molecule has 0 spiro atoms. The largest absolute Gasteiger partial charge is 0.497 e. The van der Waals surface area contributed by atoms with Gasteiger partial charge >= 0.3 is 11.8 Å². The highest BCUT2D eigenvalue weighted by molar-refractivity contribution is 7.89. The van der Waals surface area contributed by atoms with Crippen molar-refractivity contribution in [2.45, 2.75) is 37.1 Å². The fourth-order valence-corrected chi connectivity index (χ4v) is 5.16. The lowest BCUT2D eigenvalue weighted by atomic mass is 10.2. The fraction of sp³-hybridized carbons (Fsp3) is 0.348. The molecule has 1 aromatic heterocycles. The van der Waals surface area contributed by atoms with Gasteiger partial charge < -0.3 is 14.6 Å². The van der Waals surface area contributed by atoms with Crippen LogP contribution in [0.5, 0.6) is 5.75 Å². The van der Waals surface area contributed by atoms with Gasteiger partial charge in [-0.2, -0.15) is 9.29 Å². The first-order valence-electron chi connectivity index (χ1n) is 10.8. The zero-order valence-electron chi connectivity index (χ0n) is 18.4. The predicted octanol–water partition coefficient (Wildman–Crippen LogP) is 3.24. The number of amides is 1. The maximum absolute atomic E-state index is 12.9. The molecular formula is C23H26N4O5S. The lowest BCUT2D eigenvalue weighted by Gasteiger charge is -2.19. The van der Waals surface area contributed by atoms with Crippen molar-refractivity contribution >= 4 is 15.9 Å². The average molecular weight is 471 g/mol. The molecule has 0 unspecified atom stereocenters. The lowest BCUT2D eigenvalue weighted by Crippen LogP contribution is -2.31. The third kappa shape index (κ3) is 5.40. The fourth-order valence-electron chi connectivity index (χ4n) is 3.64. The molecule has 1 aliphatic heterocycles. The number of rotatable bonds is 7. The monoisotopic (exact) mass is 470 g/mol. The second-order valence-electron chi connectivity index (χ2n) is 7.80. The van der Waals surface area contributed by atoms with Crippen LogP contribution in [0.1, 0.15) is 41.9 Å². The van der Waals surface area contributed by atoms with Crippen LogP contribution in [-0.2, 0) is 16.6 Å². The molecule has 10 heteroatoms. The minimum absolute atomic E-state index is 0.167. The Hall–Kier alpha value is -3.24. The Kier molecular flexibility index (Phi) is 7.05. The summed E-state index contributed by atoms with van der Waals surface area (Å²) >= 11 is 0. The number of benzene rings is 2. The topological polar surface area (TPSA) is 115 Å². The van der Waals surface area contributed by atoms with Crippen molar-refractivity contribution < 1.29 is 22.5 Å². The first kappa shape index (κ1) is 22.9. The van der Waals surface area contributed by atoms with Gasteiger partial charge in [0.25, 0.3) is 0 Å². The van der Waals surface area contributed by atoms with E-state index >= 15 is 0 Å². The van der Waals surface area contributed by atoms with Gasteiger partial charge in [-0.05, 0) is 54.8 Å². The van der Waals surface area contributed by atoms with E-state index in [1.807, 2.05) is 24.3 Å². The van der Waals surface area contributed by atoms with Crippen molar-refractivity contribution in [3.63, 3.8) is 0 Å². The van der Waals surface area contributed by atoms with E-state index in [4.69, 9.17) is 9.26 Å². The van der Waals surface area contributed by atoms with E-state index in [1.54, 1.807) is 23.5 Å². The van der Waals surface area contributed by atoms with Gasteiger partial charge in [-0.3, -0.25) is 4.79 Å². The average Bonchev–Trinajstić information content (AvgIpc) is 3.17. The molecule has 0 atom stereocenters. The summed E-state index contributed by atoms with van der Waals surface area (Å²) in [5, 5.41) is 6.58. The zero-order chi connectivity index (χ0) is 23.3. The van der Waals surface area contributed by atoms with Crippen LogP contribution in [0.3, 0.4) is 0 Å². The van der Waals surface area contributed by atoms with Crippen LogP contribution >= 0.6 is 0 Å². The minimum atomic E-state index is -3.53. The molecule has 2 aromatic carbocycles. The van der Waals surface area contributed by atoms with Crippen molar-refractivity contribution in [3.8, 4) is 17.1 Å². The smallest absolute Gasteiger partial charge is 0.316 e. The van der Waals surface area contributed by atoms with E-state index < -0.39 is 15.9 Å². The van der Waals surface area contributed by atoms with Gasteiger partial charge in [0.1, 0.15) is 5.75 Å². The Labute approximate surface area is 192 Å². The van der Waals surface area contributed by atoms with E-state index in [-0.39, 0.29) is 16.6 Å². The number of sulfonamides is 1. The summed E-state index contributed by atoms with van der Waals surface area (Å²) in [5.41, 5.74) is 1.45. The number of nitrogens with one attached hydrogen (secondary N) is 1. The van der Waals surface area contributed by atoms with Crippen molar-refractivity contribution in [2.75, 3.05) is 20.2 Å². The summed E-state index contributed by atoms with van der Waals surface area (Å²) < 4.78 is 37.6. The second kappa shape index (κ2) is 10.1. The third-order valence-corrected chi connectivity index (χ3v) is 7.46. The van der Waals surface area contributed by atoms with Gasteiger partial charge in [0.15, 0.2) is 0 Å². The van der Waals surface area contributed by atoms with Gasteiger partial charge in [-0.25, -0.2) is 8.42 Å². The van der Waals surface area contributed by atoms with Gasteiger partial charge in [0.2, 0.25) is 15.8 Å². The Bertz CT molecular complexity index is 1180. The van der Waals surface area contributed by atoms with E-state index in [1.165, 1.54) is 12.1 Å². The third-order valence-electron chi connectivity index (χ3n) is 5.55. The molecular weight excluding hydrogens is 444 g/mol. The Balaban J connectivity index is 1.40. The van der Waals surface area contributed by atoms with Crippen molar-refractivity contribution in [1.82, 2.24) is 19.8 Å². The first-order chi connectivity index (χ1) is 16.0. The molecule has 1 N–H and O–H groups in total. The maximum atomic E-state index is 12.9. The standard InChI is InChI=1S/C23H26N4O5S/c1-31-19-10-6-17(7-11-19)16-24-22(28)23-25-21(26-32-23)18-8-12-20(13-9-18)33(29,30)27-14-4-2-3-5-15-27/h6-13H,2-5,14-16H2,1H3,(H,24,28). The first-order valence-corrected chi connectivity index (χ1v) is 12.3.